The van der Waals surface area contributed by atoms with E-state index < -0.39 is 17.0 Å². The Bertz CT molecular complexity index is 542. The quantitative estimate of drug-likeness (QED) is 0.570. The van der Waals surface area contributed by atoms with E-state index in [1.54, 1.807) is 34.8 Å². The van der Waals surface area contributed by atoms with Gasteiger partial charge < -0.3 is 14.2 Å². The Balaban J connectivity index is 2.68. The summed E-state index contributed by atoms with van der Waals surface area (Å²) in [5, 5.41) is 0. The lowest BCUT2D eigenvalue weighted by atomic mass is 9.87. The Hall–Kier alpha value is -1.88. The van der Waals surface area contributed by atoms with Crippen molar-refractivity contribution >= 4 is 11.8 Å². The summed E-state index contributed by atoms with van der Waals surface area (Å²) in [6, 6.07) is 7.41. The van der Waals surface area contributed by atoms with Crippen molar-refractivity contribution in [1.82, 2.24) is 0 Å². The SMILES string of the molecule is COc1ccc(COCC(C)(C(C)=O)C(=O)OC(C)(C)C)cc1. The smallest absolute Gasteiger partial charge is 0.322 e. The highest BCUT2D eigenvalue weighted by Gasteiger charge is 2.42. The van der Waals surface area contributed by atoms with Gasteiger partial charge in [0.2, 0.25) is 0 Å². The number of benzene rings is 1. The van der Waals surface area contributed by atoms with Crippen LogP contribution < -0.4 is 4.74 Å². The molecule has 0 bridgehead atoms. The van der Waals surface area contributed by atoms with Crippen molar-refractivity contribution in [3.63, 3.8) is 0 Å². The zero-order valence-electron chi connectivity index (χ0n) is 14.8. The minimum Gasteiger partial charge on any atom is -0.497 e. The topological polar surface area (TPSA) is 61.8 Å². The van der Waals surface area contributed by atoms with Crippen LogP contribution in [0, 0.1) is 5.41 Å². The molecular formula is C18H26O5. The molecular weight excluding hydrogens is 296 g/mol. The predicted molar refractivity (Wildman–Crippen MR) is 87.3 cm³/mol. The molecule has 0 saturated carbocycles. The number of hydrogen-bond donors (Lipinski definition) is 0. The van der Waals surface area contributed by atoms with Gasteiger partial charge in [0.1, 0.15) is 22.5 Å². The summed E-state index contributed by atoms with van der Waals surface area (Å²) in [5.41, 5.74) is -1.02. The number of ketones is 1. The van der Waals surface area contributed by atoms with Gasteiger partial charge in [0.25, 0.3) is 0 Å². The Kier molecular flexibility index (Phi) is 6.33. The van der Waals surface area contributed by atoms with Crippen molar-refractivity contribution in [3.05, 3.63) is 29.8 Å². The summed E-state index contributed by atoms with van der Waals surface area (Å²) in [7, 11) is 1.60. The Labute approximate surface area is 137 Å². The number of ether oxygens (including phenoxy) is 3. The van der Waals surface area contributed by atoms with Crippen LogP contribution in [0.3, 0.4) is 0 Å². The standard InChI is InChI=1S/C18H26O5/c1-13(19)18(5,16(20)23-17(2,3)4)12-22-11-14-7-9-15(21-6)10-8-14/h7-10H,11-12H2,1-6H3. The molecule has 0 saturated heterocycles. The van der Waals surface area contributed by atoms with Crippen molar-refractivity contribution in [2.75, 3.05) is 13.7 Å². The molecule has 0 aliphatic heterocycles. The first-order chi connectivity index (χ1) is 10.6. The molecule has 1 aromatic carbocycles. The van der Waals surface area contributed by atoms with Gasteiger partial charge in [-0.15, -0.1) is 0 Å². The van der Waals surface area contributed by atoms with Gasteiger partial charge in [0.15, 0.2) is 0 Å². The first kappa shape index (κ1) is 19.2. The summed E-state index contributed by atoms with van der Waals surface area (Å²) in [6.07, 6.45) is 0. The van der Waals surface area contributed by atoms with Crippen LogP contribution in [0.15, 0.2) is 24.3 Å². The van der Waals surface area contributed by atoms with Gasteiger partial charge in [-0.2, -0.15) is 0 Å². The number of methoxy groups -OCH3 is 1. The van der Waals surface area contributed by atoms with Crippen LogP contribution in [0.4, 0.5) is 0 Å². The zero-order chi connectivity index (χ0) is 17.7. The van der Waals surface area contributed by atoms with Gasteiger partial charge in [-0.05, 0) is 52.3 Å². The fourth-order valence-corrected chi connectivity index (χ4v) is 1.79. The second-order valence-corrected chi connectivity index (χ2v) is 6.73. The van der Waals surface area contributed by atoms with Crippen LogP contribution >= 0.6 is 0 Å². The molecule has 1 atom stereocenters. The van der Waals surface area contributed by atoms with E-state index in [-0.39, 0.29) is 12.4 Å². The highest BCUT2D eigenvalue weighted by atomic mass is 16.6. The minimum atomic E-state index is -1.31. The van der Waals surface area contributed by atoms with Crippen molar-refractivity contribution in [2.45, 2.75) is 46.8 Å². The molecule has 0 aliphatic carbocycles. The maximum atomic E-state index is 12.3. The summed E-state index contributed by atoms with van der Waals surface area (Å²) in [4.78, 5) is 24.2. The first-order valence-corrected chi connectivity index (χ1v) is 7.53. The van der Waals surface area contributed by atoms with Crippen LogP contribution in [0.1, 0.15) is 40.2 Å². The first-order valence-electron chi connectivity index (χ1n) is 7.53. The molecule has 0 fully saturated rings. The highest BCUT2D eigenvalue weighted by Crippen LogP contribution is 2.24. The fourth-order valence-electron chi connectivity index (χ4n) is 1.79. The van der Waals surface area contributed by atoms with Crippen molar-refractivity contribution in [3.8, 4) is 5.75 Å². The van der Waals surface area contributed by atoms with Crippen LogP contribution in [0.2, 0.25) is 0 Å². The van der Waals surface area contributed by atoms with E-state index in [1.807, 2.05) is 24.3 Å². The molecule has 0 heterocycles. The normalized spacial score (nSPS) is 14.0. The van der Waals surface area contributed by atoms with E-state index in [2.05, 4.69) is 0 Å². The number of Topliss-reactive ketones (excluding diaryl/α,β-unsaturated/α-hetero) is 1. The van der Waals surface area contributed by atoms with E-state index in [0.29, 0.717) is 6.61 Å². The molecule has 23 heavy (non-hydrogen) atoms. The fraction of sp³-hybridized carbons (Fsp3) is 0.556. The van der Waals surface area contributed by atoms with Crippen LogP contribution in [-0.4, -0.2) is 31.1 Å². The van der Waals surface area contributed by atoms with Crippen LogP contribution in [0.25, 0.3) is 0 Å². The zero-order valence-corrected chi connectivity index (χ0v) is 14.8. The van der Waals surface area contributed by atoms with Gasteiger partial charge in [0, 0.05) is 0 Å². The number of hydrogen-bond acceptors (Lipinski definition) is 5. The largest absolute Gasteiger partial charge is 0.497 e. The summed E-state index contributed by atoms with van der Waals surface area (Å²) < 4.78 is 16.0. The average molecular weight is 322 g/mol. The monoisotopic (exact) mass is 322 g/mol. The maximum absolute atomic E-state index is 12.3. The van der Waals surface area contributed by atoms with E-state index >= 15 is 0 Å². The Morgan fingerprint density at radius 3 is 2.04 bits per heavy atom. The third-order valence-electron chi connectivity index (χ3n) is 3.44. The molecule has 1 rings (SSSR count). The molecule has 128 valence electrons. The molecule has 0 aromatic heterocycles. The molecule has 0 radical (unpaired) electrons. The number of carbonyl (C=O) groups excluding carboxylic acids is 2. The molecule has 0 amide bonds. The van der Waals surface area contributed by atoms with E-state index in [4.69, 9.17) is 14.2 Å². The lowest BCUT2D eigenvalue weighted by Gasteiger charge is -2.29. The second-order valence-electron chi connectivity index (χ2n) is 6.73. The molecule has 1 unspecified atom stereocenters. The van der Waals surface area contributed by atoms with E-state index in [0.717, 1.165) is 11.3 Å². The van der Waals surface area contributed by atoms with Crippen molar-refractivity contribution in [1.29, 1.82) is 0 Å². The summed E-state index contributed by atoms with van der Waals surface area (Å²) in [5.74, 6) is -0.0789. The Morgan fingerprint density at radius 2 is 1.61 bits per heavy atom. The number of esters is 1. The van der Waals surface area contributed by atoms with E-state index in [1.165, 1.54) is 6.92 Å². The highest BCUT2D eigenvalue weighted by molar-refractivity contribution is 6.02. The molecule has 1 aromatic rings. The predicted octanol–water partition coefficient (Wildman–Crippen LogP) is 3.15. The molecule has 5 nitrogen and oxygen atoms in total. The number of rotatable bonds is 7. The molecule has 0 aliphatic rings. The van der Waals surface area contributed by atoms with E-state index in [9.17, 15) is 9.59 Å². The van der Waals surface area contributed by atoms with Gasteiger partial charge in [-0.3, -0.25) is 9.59 Å². The summed E-state index contributed by atoms with van der Waals surface area (Å²) in [6.45, 7) is 8.51. The maximum Gasteiger partial charge on any atom is 0.322 e. The third-order valence-corrected chi connectivity index (χ3v) is 3.44. The van der Waals surface area contributed by atoms with Crippen molar-refractivity contribution in [2.24, 2.45) is 5.41 Å². The Morgan fingerprint density at radius 1 is 1.04 bits per heavy atom. The van der Waals surface area contributed by atoms with Gasteiger partial charge >= 0.3 is 5.97 Å². The van der Waals surface area contributed by atoms with Gasteiger partial charge in [0.05, 0.1) is 20.3 Å². The lowest BCUT2D eigenvalue weighted by molar-refractivity contribution is -0.173. The van der Waals surface area contributed by atoms with Gasteiger partial charge in [-0.25, -0.2) is 0 Å². The minimum absolute atomic E-state index is 0.0245. The lowest BCUT2D eigenvalue weighted by Crippen LogP contribution is -2.43. The number of carbonyl (C=O) groups is 2. The van der Waals surface area contributed by atoms with Crippen LogP contribution in [-0.2, 0) is 25.7 Å². The second kappa shape index (κ2) is 7.59. The van der Waals surface area contributed by atoms with Crippen LogP contribution in [0.5, 0.6) is 5.75 Å². The van der Waals surface area contributed by atoms with Crippen molar-refractivity contribution < 1.29 is 23.8 Å². The molecule has 0 spiro atoms. The molecule has 0 N–H and O–H groups in total. The molecule has 5 heteroatoms. The third kappa shape index (κ3) is 5.67. The average Bonchev–Trinajstić information content (AvgIpc) is 2.45. The van der Waals surface area contributed by atoms with Gasteiger partial charge in [-0.1, -0.05) is 12.1 Å². The summed E-state index contributed by atoms with van der Waals surface area (Å²) >= 11 is 0.